The lowest BCUT2D eigenvalue weighted by Gasteiger charge is -2.47. The number of hydrogen-bond donors (Lipinski definition) is 0. The quantitative estimate of drug-likeness (QED) is 0.493. The summed E-state index contributed by atoms with van der Waals surface area (Å²) in [5.74, 6) is -0.105. The smallest absolute Gasteiger partial charge is 0.227 e. The van der Waals surface area contributed by atoms with Gasteiger partial charge in [-0.15, -0.1) is 0 Å². The van der Waals surface area contributed by atoms with Crippen LogP contribution in [0.2, 0.25) is 0 Å². The largest absolute Gasteiger partial charge is 0.338 e. The Morgan fingerprint density at radius 1 is 1.42 bits per heavy atom. The van der Waals surface area contributed by atoms with Crippen LogP contribution in [0.25, 0.3) is 4.85 Å². The number of carbonyl (C=O) groups is 2. The van der Waals surface area contributed by atoms with Gasteiger partial charge in [-0.1, -0.05) is 38.5 Å². The third-order valence-corrected chi connectivity index (χ3v) is 4.15. The van der Waals surface area contributed by atoms with Crippen molar-refractivity contribution in [3.8, 4) is 0 Å². The molecule has 0 radical (unpaired) electrons. The standard InChI is InChI=1S/C15H18N2O2/c1-10(18)17-7-6-12-14(2,3)13(19)11(16-5)8-15(12,4)9-17/h6,8H,7,9H2,1-4H3/t15-/m0/s1. The normalized spacial score (nSPS) is 29.0. The fraction of sp³-hybridized carbons (Fsp3) is 0.533. The van der Waals surface area contributed by atoms with Crippen LogP contribution < -0.4 is 0 Å². The summed E-state index contributed by atoms with van der Waals surface area (Å²) in [5, 5.41) is 0. The van der Waals surface area contributed by atoms with E-state index in [2.05, 4.69) is 4.85 Å². The van der Waals surface area contributed by atoms with E-state index in [0.717, 1.165) is 5.57 Å². The van der Waals surface area contributed by atoms with Crippen molar-refractivity contribution in [2.75, 3.05) is 13.1 Å². The van der Waals surface area contributed by atoms with Crippen LogP contribution >= 0.6 is 0 Å². The minimum atomic E-state index is -0.660. The first-order valence-electron chi connectivity index (χ1n) is 6.34. The molecule has 0 aromatic heterocycles. The number of ketones is 1. The summed E-state index contributed by atoms with van der Waals surface area (Å²) in [6.07, 6.45) is 3.70. The summed E-state index contributed by atoms with van der Waals surface area (Å²) in [6, 6.07) is 0. The number of fused-ring (bicyclic) bond motifs is 1. The van der Waals surface area contributed by atoms with Crippen molar-refractivity contribution in [3.05, 3.63) is 34.8 Å². The molecule has 2 aliphatic rings. The Labute approximate surface area is 113 Å². The molecule has 1 atom stereocenters. The average Bonchev–Trinajstić information content (AvgIpc) is 2.33. The van der Waals surface area contributed by atoms with Gasteiger partial charge in [0, 0.05) is 30.8 Å². The number of nitrogens with zero attached hydrogens (tertiary/aromatic N) is 2. The second-order valence-corrected chi connectivity index (χ2v) is 6.03. The molecule has 2 rings (SSSR count). The van der Waals surface area contributed by atoms with E-state index >= 15 is 0 Å². The van der Waals surface area contributed by atoms with Crippen LogP contribution in [0, 0.1) is 17.4 Å². The molecule has 0 aromatic rings. The van der Waals surface area contributed by atoms with Crippen molar-refractivity contribution in [3.63, 3.8) is 0 Å². The predicted molar refractivity (Wildman–Crippen MR) is 71.9 cm³/mol. The molecule has 19 heavy (non-hydrogen) atoms. The third kappa shape index (κ3) is 1.90. The molecular weight excluding hydrogens is 240 g/mol. The van der Waals surface area contributed by atoms with E-state index in [1.54, 1.807) is 17.9 Å². The Bertz CT molecular complexity index is 563. The summed E-state index contributed by atoms with van der Waals surface area (Å²) in [7, 11) is 0. The Balaban J connectivity index is 2.58. The molecule has 0 saturated heterocycles. The van der Waals surface area contributed by atoms with Crippen molar-refractivity contribution < 1.29 is 9.59 Å². The first kappa shape index (κ1) is 13.5. The molecule has 0 spiro atoms. The van der Waals surface area contributed by atoms with Crippen LogP contribution in [0.5, 0.6) is 0 Å². The van der Waals surface area contributed by atoms with Crippen LogP contribution in [0.3, 0.4) is 0 Å². The minimum Gasteiger partial charge on any atom is -0.338 e. The van der Waals surface area contributed by atoms with Crippen molar-refractivity contribution in [1.29, 1.82) is 0 Å². The first-order chi connectivity index (χ1) is 8.72. The van der Waals surface area contributed by atoms with E-state index in [0.29, 0.717) is 13.1 Å². The van der Waals surface area contributed by atoms with Crippen LogP contribution in [0.15, 0.2) is 23.4 Å². The van der Waals surface area contributed by atoms with Gasteiger partial charge in [0.2, 0.25) is 11.6 Å². The first-order valence-corrected chi connectivity index (χ1v) is 6.34. The van der Waals surface area contributed by atoms with Gasteiger partial charge in [0.15, 0.2) is 5.78 Å². The fourth-order valence-electron chi connectivity index (χ4n) is 3.21. The number of hydrogen-bond acceptors (Lipinski definition) is 2. The number of rotatable bonds is 0. The molecule has 1 amide bonds. The Kier molecular flexibility index (Phi) is 2.89. The Morgan fingerprint density at radius 3 is 2.58 bits per heavy atom. The van der Waals surface area contributed by atoms with Crippen LogP contribution in [-0.4, -0.2) is 29.7 Å². The maximum Gasteiger partial charge on any atom is 0.227 e. The van der Waals surface area contributed by atoms with E-state index in [-0.39, 0.29) is 17.4 Å². The number of carbonyl (C=O) groups excluding carboxylic acids is 2. The highest BCUT2D eigenvalue weighted by molar-refractivity contribution is 6.04. The number of amides is 1. The average molecular weight is 258 g/mol. The van der Waals surface area contributed by atoms with Gasteiger partial charge in [-0.25, -0.2) is 4.85 Å². The maximum absolute atomic E-state index is 12.3. The van der Waals surface area contributed by atoms with E-state index in [4.69, 9.17) is 6.57 Å². The molecule has 1 heterocycles. The van der Waals surface area contributed by atoms with Gasteiger partial charge in [-0.05, 0) is 0 Å². The van der Waals surface area contributed by atoms with Crippen LogP contribution in [0.4, 0.5) is 0 Å². The lowest BCUT2D eigenvalue weighted by molar-refractivity contribution is -0.130. The van der Waals surface area contributed by atoms with Gasteiger partial charge in [0.1, 0.15) is 0 Å². The summed E-state index contributed by atoms with van der Waals surface area (Å²) in [4.78, 5) is 28.9. The maximum atomic E-state index is 12.3. The summed E-state index contributed by atoms with van der Waals surface area (Å²) in [6.45, 7) is 15.5. The highest BCUT2D eigenvalue weighted by Gasteiger charge is 2.49. The van der Waals surface area contributed by atoms with Gasteiger partial charge < -0.3 is 9.69 Å². The highest BCUT2D eigenvalue weighted by atomic mass is 16.2. The predicted octanol–water partition coefficient (Wildman–Crippen LogP) is 2.19. The van der Waals surface area contributed by atoms with Crippen molar-refractivity contribution in [1.82, 2.24) is 4.90 Å². The second-order valence-electron chi connectivity index (χ2n) is 6.03. The fourth-order valence-corrected chi connectivity index (χ4v) is 3.21. The molecule has 100 valence electrons. The topological polar surface area (TPSA) is 41.7 Å². The second kappa shape index (κ2) is 4.06. The molecule has 4 heteroatoms. The molecule has 0 fully saturated rings. The van der Waals surface area contributed by atoms with Crippen LogP contribution in [0.1, 0.15) is 27.7 Å². The lowest BCUT2D eigenvalue weighted by atomic mass is 9.61. The number of Topliss-reactive ketones (excluding diaryl/α,β-unsaturated/α-hetero) is 1. The SMILES string of the molecule is [C-]#[N+]C1=C[C@@]2(C)CN(C(C)=O)CC=C2C(C)(C)C1=O. The van der Waals surface area contributed by atoms with E-state index in [1.165, 1.54) is 0 Å². The molecule has 0 unspecified atom stereocenters. The molecule has 0 aromatic carbocycles. The molecule has 0 bridgehead atoms. The van der Waals surface area contributed by atoms with Gasteiger partial charge >= 0.3 is 0 Å². The zero-order valence-corrected chi connectivity index (χ0v) is 11.8. The van der Waals surface area contributed by atoms with E-state index in [9.17, 15) is 9.59 Å². The van der Waals surface area contributed by atoms with Crippen molar-refractivity contribution in [2.45, 2.75) is 27.7 Å². The zero-order valence-electron chi connectivity index (χ0n) is 11.8. The monoisotopic (exact) mass is 258 g/mol. The molecular formula is C15H18N2O2. The molecule has 0 N–H and O–H groups in total. The minimum absolute atomic E-state index is 0.0176. The van der Waals surface area contributed by atoms with Gasteiger partial charge in [-0.2, -0.15) is 0 Å². The molecule has 1 aliphatic carbocycles. The molecule has 4 nitrogen and oxygen atoms in total. The zero-order chi connectivity index (χ0) is 14.4. The van der Waals surface area contributed by atoms with Crippen molar-refractivity contribution in [2.24, 2.45) is 10.8 Å². The highest BCUT2D eigenvalue weighted by Crippen LogP contribution is 2.49. The summed E-state index contributed by atoms with van der Waals surface area (Å²) in [5.41, 5.74) is 0.137. The van der Waals surface area contributed by atoms with Gasteiger partial charge in [0.05, 0.1) is 6.57 Å². The van der Waals surface area contributed by atoms with Crippen molar-refractivity contribution >= 4 is 11.7 Å². The molecule has 1 aliphatic heterocycles. The van der Waals surface area contributed by atoms with Gasteiger partial charge in [0.25, 0.3) is 0 Å². The lowest BCUT2D eigenvalue weighted by Crippen LogP contribution is -2.50. The van der Waals surface area contributed by atoms with Crippen LogP contribution in [-0.2, 0) is 9.59 Å². The summed E-state index contributed by atoms with van der Waals surface area (Å²) < 4.78 is 0. The molecule has 0 saturated carbocycles. The van der Waals surface area contributed by atoms with Gasteiger partial charge in [-0.3, -0.25) is 4.79 Å². The Hall–Kier alpha value is -1.89. The third-order valence-electron chi connectivity index (χ3n) is 4.15. The number of allylic oxidation sites excluding steroid dienone is 1. The van der Waals surface area contributed by atoms with E-state index in [1.807, 2.05) is 26.8 Å². The Morgan fingerprint density at radius 2 is 2.05 bits per heavy atom. The van der Waals surface area contributed by atoms with E-state index < -0.39 is 10.8 Å². The summed E-state index contributed by atoms with van der Waals surface area (Å²) >= 11 is 0.